The van der Waals surface area contributed by atoms with E-state index in [-0.39, 0.29) is 46.7 Å². The van der Waals surface area contributed by atoms with Crippen LogP contribution in [0.25, 0.3) is 11.4 Å². The second-order valence-corrected chi connectivity index (χ2v) is 12.7. The summed E-state index contributed by atoms with van der Waals surface area (Å²) in [6.07, 6.45) is 1.57. The van der Waals surface area contributed by atoms with E-state index in [0.717, 1.165) is 5.56 Å². The van der Waals surface area contributed by atoms with Crippen LogP contribution in [0.15, 0.2) is 71.9 Å². The standard InChI is InChI=1S/C31H37N5O6S/c1-31(2,3)21-12-15-27(34-17-21)43(37,38)19-24-28(42-26-9-7-6-8-25(26)40-5)30(41-18-22(33)16-32)36-29(35-24)20-10-13-23(39-4)14-11-20/h6-15,17,22H,16,18-19,32-33H2,1-5H3. The lowest BCUT2D eigenvalue weighted by Gasteiger charge is -2.19. The molecule has 4 N–H and O–H groups in total. The summed E-state index contributed by atoms with van der Waals surface area (Å²) in [5.41, 5.74) is 13.1. The number of aromatic nitrogens is 3. The fraction of sp³-hybridized carbons (Fsp3) is 0.323. The van der Waals surface area contributed by atoms with Gasteiger partial charge in [-0.2, -0.15) is 4.98 Å². The van der Waals surface area contributed by atoms with Crippen LogP contribution in [0.1, 0.15) is 32.0 Å². The van der Waals surface area contributed by atoms with Crippen LogP contribution in [0, 0.1) is 0 Å². The first kappa shape index (κ1) is 31.7. The summed E-state index contributed by atoms with van der Waals surface area (Å²) in [5.74, 6) is 1.03. The fourth-order valence-corrected chi connectivity index (χ4v) is 5.16. The molecule has 0 spiro atoms. The number of hydrogen-bond donors (Lipinski definition) is 2. The molecule has 1 unspecified atom stereocenters. The van der Waals surface area contributed by atoms with E-state index in [1.54, 1.807) is 67.9 Å². The number of nitrogens with two attached hydrogens (primary N) is 2. The second-order valence-electron chi connectivity index (χ2n) is 10.8. The van der Waals surface area contributed by atoms with Gasteiger partial charge in [0.2, 0.25) is 15.6 Å². The number of nitrogens with zero attached hydrogens (tertiary/aromatic N) is 3. The SMILES string of the molecule is COc1ccc(-c2nc(CS(=O)(=O)c3ccc(C(C)(C)C)cn3)c(Oc3ccccc3OC)c(OCC(N)CN)n2)cc1. The van der Waals surface area contributed by atoms with Crippen molar-refractivity contribution in [3.8, 4) is 40.3 Å². The van der Waals surface area contributed by atoms with Crippen molar-refractivity contribution in [2.75, 3.05) is 27.4 Å². The zero-order valence-corrected chi connectivity index (χ0v) is 25.7. The summed E-state index contributed by atoms with van der Waals surface area (Å²) in [7, 11) is -0.937. The van der Waals surface area contributed by atoms with E-state index in [1.807, 2.05) is 20.8 Å². The lowest BCUT2D eigenvalue weighted by atomic mass is 9.88. The van der Waals surface area contributed by atoms with Crippen LogP contribution < -0.4 is 30.4 Å². The minimum absolute atomic E-state index is 0.000137. The highest BCUT2D eigenvalue weighted by molar-refractivity contribution is 7.90. The molecule has 0 aliphatic rings. The number of pyridine rings is 1. The van der Waals surface area contributed by atoms with E-state index >= 15 is 0 Å². The van der Waals surface area contributed by atoms with Gasteiger partial charge in [-0.15, -0.1) is 0 Å². The zero-order chi connectivity index (χ0) is 31.2. The number of ether oxygens (including phenoxy) is 4. The smallest absolute Gasteiger partial charge is 0.261 e. The Balaban J connectivity index is 1.87. The third kappa shape index (κ3) is 7.78. The molecule has 228 valence electrons. The van der Waals surface area contributed by atoms with Crippen LogP contribution in [0.4, 0.5) is 0 Å². The molecule has 0 fully saturated rings. The molecular formula is C31H37N5O6S. The molecule has 0 bridgehead atoms. The molecule has 12 heteroatoms. The molecule has 0 saturated carbocycles. The Labute approximate surface area is 252 Å². The predicted molar refractivity (Wildman–Crippen MR) is 163 cm³/mol. The van der Waals surface area contributed by atoms with Gasteiger partial charge in [-0.1, -0.05) is 39.0 Å². The fourth-order valence-electron chi connectivity index (χ4n) is 3.97. The molecule has 0 amide bonds. The normalized spacial score (nSPS) is 12.4. The number of methoxy groups -OCH3 is 2. The molecule has 43 heavy (non-hydrogen) atoms. The van der Waals surface area contributed by atoms with E-state index in [4.69, 9.17) is 30.4 Å². The maximum atomic E-state index is 13.7. The Morgan fingerprint density at radius 1 is 0.907 bits per heavy atom. The summed E-state index contributed by atoms with van der Waals surface area (Å²) in [5, 5.41) is -0.0963. The van der Waals surface area contributed by atoms with E-state index < -0.39 is 21.6 Å². The Morgan fingerprint density at radius 3 is 2.19 bits per heavy atom. The van der Waals surface area contributed by atoms with E-state index in [9.17, 15) is 8.42 Å². The summed E-state index contributed by atoms with van der Waals surface area (Å²) in [4.78, 5) is 13.6. The van der Waals surface area contributed by atoms with Crippen LogP contribution in [0.3, 0.4) is 0 Å². The first-order chi connectivity index (χ1) is 20.4. The van der Waals surface area contributed by atoms with E-state index in [2.05, 4.69) is 15.0 Å². The lowest BCUT2D eigenvalue weighted by Crippen LogP contribution is -2.35. The molecule has 0 aliphatic carbocycles. The molecule has 4 aromatic rings. The molecule has 1 atom stereocenters. The van der Waals surface area contributed by atoms with Crippen molar-refractivity contribution in [1.82, 2.24) is 15.0 Å². The Hall–Kier alpha value is -4.26. The monoisotopic (exact) mass is 607 g/mol. The molecule has 2 heterocycles. The molecule has 2 aromatic heterocycles. The van der Waals surface area contributed by atoms with Gasteiger partial charge in [0.1, 0.15) is 23.8 Å². The maximum absolute atomic E-state index is 13.7. The van der Waals surface area contributed by atoms with Crippen molar-refractivity contribution in [3.05, 3.63) is 78.1 Å². The van der Waals surface area contributed by atoms with Gasteiger partial charge >= 0.3 is 0 Å². The average Bonchev–Trinajstić information content (AvgIpc) is 3.00. The van der Waals surface area contributed by atoms with Crippen LogP contribution in [0.5, 0.6) is 28.9 Å². The van der Waals surface area contributed by atoms with Crippen LogP contribution in [-0.4, -0.2) is 56.8 Å². The first-order valence-electron chi connectivity index (χ1n) is 13.6. The molecule has 0 saturated heterocycles. The van der Waals surface area contributed by atoms with E-state index in [1.165, 1.54) is 13.2 Å². The van der Waals surface area contributed by atoms with Crippen LogP contribution in [0.2, 0.25) is 0 Å². The van der Waals surface area contributed by atoms with E-state index in [0.29, 0.717) is 22.8 Å². The summed E-state index contributed by atoms with van der Waals surface area (Å²) in [6, 6.07) is 16.7. The summed E-state index contributed by atoms with van der Waals surface area (Å²) >= 11 is 0. The number of benzene rings is 2. The van der Waals surface area contributed by atoms with Crippen molar-refractivity contribution in [2.24, 2.45) is 11.5 Å². The van der Waals surface area contributed by atoms with Gasteiger partial charge in [-0.3, -0.25) is 0 Å². The second kappa shape index (κ2) is 13.4. The third-order valence-electron chi connectivity index (χ3n) is 6.52. The van der Waals surface area contributed by atoms with Gasteiger partial charge in [0.15, 0.2) is 22.3 Å². The van der Waals surface area contributed by atoms with Crippen molar-refractivity contribution in [1.29, 1.82) is 0 Å². The molecule has 4 rings (SSSR count). The van der Waals surface area contributed by atoms with Crippen molar-refractivity contribution < 1.29 is 27.4 Å². The van der Waals surface area contributed by atoms with Crippen LogP contribution >= 0.6 is 0 Å². The molecule has 11 nitrogen and oxygen atoms in total. The maximum Gasteiger partial charge on any atom is 0.261 e. The van der Waals surface area contributed by atoms with Gasteiger partial charge in [0.05, 0.1) is 20.3 Å². The Morgan fingerprint density at radius 2 is 1.60 bits per heavy atom. The largest absolute Gasteiger partial charge is 0.497 e. The topological polar surface area (TPSA) is 162 Å². The Bertz CT molecular complexity index is 1640. The third-order valence-corrected chi connectivity index (χ3v) is 8.05. The number of rotatable bonds is 12. The van der Waals surface area contributed by atoms with Gasteiger partial charge in [0.25, 0.3) is 5.88 Å². The zero-order valence-electron chi connectivity index (χ0n) is 24.9. The molecule has 0 radical (unpaired) electrons. The Kier molecular flexibility index (Phi) is 9.84. The first-order valence-corrected chi connectivity index (χ1v) is 15.2. The van der Waals surface area contributed by atoms with Gasteiger partial charge in [-0.05, 0) is 53.4 Å². The average molecular weight is 608 g/mol. The van der Waals surface area contributed by atoms with Crippen molar-refractivity contribution in [3.63, 3.8) is 0 Å². The highest BCUT2D eigenvalue weighted by atomic mass is 32.2. The molecule has 2 aromatic carbocycles. The van der Waals surface area contributed by atoms with Crippen molar-refractivity contribution >= 4 is 9.84 Å². The minimum atomic E-state index is -4.00. The minimum Gasteiger partial charge on any atom is -0.497 e. The van der Waals surface area contributed by atoms with Gasteiger partial charge < -0.3 is 30.4 Å². The highest BCUT2D eigenvalue weighted by Gasteiger charge is 2.27. The number of hydrogen-bond acceptors (Lipinski definition) is 11. The molecular weight excluding hydrogens is 570 g/mol. The lowest BCUT2D eigenvalue weighted by molar-refractivity contribution is 0.265. The predicted octanol–water partition coefficient (Wildman–Crippen LogP) is 4.28. The van der Waals surface area contributed by atoms with Crippen molar-refractivity contribution in [2.45, 2.75) is 43.0 Å². The van der Waals surface area contributed by atoms with Gasteiger partial charge in [-0.25, -0.2) is 18.4 Å². The summed E-state index contributed by atoms with van der Waals surface area (Å²) < 4.78 is 50.5. The molecule has 0 aliphatic heterocycles. The number of sulfone groups is 1. The highest BCUT2D eigenvalue weighted by Crippen LogP contribution is 2.40. The quantitative estimate of drug-likeness (QED) is 0.236. The summed E-state index contributed by atoms with van der Waals surface area (Å²) in [6.45, 7) is 6.24. The van der Waals surface area contributed by atoms with Crippen LogP contribution in [-0.2, 0) is 21.0 Å². The number of para-hydroxylation sites is 2. The van der Waals surface area contributed by atoms with Gasteiger partial charge in [0, 0.05) is 18.3 Å².